The van der Waals surface area contributed by atoms with Gasteiger partial charge in [0.05, 0.1) is 5.60 Å². The molecule has 1 atom stereocenters. The summed E-state index contributed by atoms with van der Waals surface area (Å²) in [5.41, 5.74) is 0.935. The molecule has 2 heterocycles. The van der Waals surface area contributed by atoms with Crippen molar-refractivity contribution in [2.75, 3.05) is 26.6 Å². The van der Waals surface area contributed by atoms with Crippen LogP contribution in [0.3, 0.4) is 0 Å². The van der Waals surface area contributed by atoms with Crippen LogP contribution in [-0.2, 0) is 10.3 Å². The molecule has 1 N–H and O–H groups in total. The smallest absolute Gasteiger partial charge is 0.231 e. The molecule has 3 aliphatic rings. The molecule has 2 aliphatic heterocycles. The van der Waals surface area contributed by atoms with Gasteiger partial charge in [-0.05, 0) is 62.4 Å². The van der Waals surface area contributed by atoms with Crippen LogP contribution in [0.2, 0.25) is 0 Å². The van der Waals surface area contributed by atoms with Crippen molar-refractivity contribution < 1.29 is 23.7 Å². The Hall–Kier alpha value is -2.44. The Labute approximate surface area is 177 Å². The van der Waals surface area contributed by atoms with Crippen LogP contribution in [0.5, 0.6) is 23.0 Å². The van der Waals surface area contributed by atoms with E-state index < -0.39 is 0 Å². The first-order chi connectivity index (χ1) is 14.8. The minimum absolute atomic E-state index is 0.0346. The van der Waals surface area contributed by atoms with Crippen molar-refractivity contribution in [1.82, 2.24) is 5.32 Å². The van der Waals surface area contributed by atoms with Crippen molar-refractivity contribution in [2.45, 2.75) is 50.4 Å². The Bertz CT molecular complexity index is 878. The summed E-state index contributed by atoms with van der Waals surface area (Å²) in [6.45, 7) is 4.42. The summed E-state index contributed by atoms with van der Waals surface area (Å²) < 4.78 is 29.3. The molecule has 30 heavy (non-hydrogen) atoms. The first-order valence-electron chi connectivity index (χ1n) is 10.9. The highest BCUT2D eigenvalue weighted by atomic mass is 16.7. The zero-order chi connectivity index (χ0) is 20.4. The van der Waals surface area contributed by atoms with Gasteiger partial charge in [0.1, 0.15) is 12.7 Å². The van der Waals surface area contributed by atoms with Crippen LogP contribution in [0.25, 0.3) is 0 Å². The molecule has 0 radical (unpaired) electrons. The maximum atomic E-state index is 6.33. The van der Waals surface area contributed by atoms with E-state index in [0.29, 0.717) is 26.0 Å². The Morgan fingerprint density at radius 2 is 1.73 bits per heavy atom. The lowest BCUT2D eigenvalue weighted by molar-refractivity contribution is -0.0754. The molecule has 6 heteroatoms. The third-order valence-electron chi connectivity index (χ3n) is 6.31. The summed E-state index contributed by atoms with van der Waals surface area (Å²) in [5, 5.41) is 3.69. The van der Waals surface area contributed by atoms with Crippen LogP contribution in [0.4, 0.5) is 0 Å². The molecule has 160 valence electrons. The average molecular weight is 411 g/mol. The quantitative estimate of drug-likeness (QED) is 0.775. The van der Waals surface area contributed by atoms with Gasteiger partial charge in [0.15, 0.2) is 23.0 Å². The molecule has 5 rings (SSSR count). The second-order valence-corrected chi connectivity index (χ2v) is 8.18. The van der Waals surface area contributed by atoms with Crippen molar-refractivity contribution >= 4 is 0 Å². The van der Waals surface area contributed by atoms with E-state index in [1.807, 2.05) is 30.3 Å². The van der Waals surface area contributed by atoms with E-state index in [1.54, 1.807) is 0 Å². The van der Waals surface area contributed by atoms with Crippen LogP contribution in [0, 0.1) is 0 Å². The molecule has 0 aromatic heterocycles. The molecule has 1 fully saturated rings. The van der Waals surface area contributed by atoms with Gasteiger partial charge in [0.2, 0.25) is 6.79 Å². The highest BCUT2D eigenvalue weighted by molar-refractivity contribution is 5.46. The molecule has 1 unspecified atom stereocenters. The van der Waals surface area contributed by atoms with E-state index in [0.717, 1.165) is 55.2 Å². The van der Waals surface area contributed by atoms with Gasteiger partial charge in [-0.1, -0.05) is 18.2 Å². The number of nitrogens with one attached hydrogen (secondary N) is 1. The standard InChI is InChI=1S/C24H29NO5/c1-2-29-24(17-7-8-21-23(13-17)28-16-27-21)11-9-18(10-12-24)25-14-19-15-26-20-5-3-4-6-22(20)30-19/h3-8,13,18-19,25H,2,9-12,14-16H2,1H3. The summed E-state index contributed by atoms with van der Waals surface area (Å²) in [5.74, 6) is 3.30. The Morgan fingerprint density at radius 3 is 2.57 bits per heavy atom. The predicted molar refractivity (Wildman–Crippen MR) is 112 cm³/mol. The predicted octanol–water partition coefficient (Wildman–Crippen LogP) is 4.02. The number of benzene rings is 2. The van der Waals surface area contributed by atoms with Crippen LogP contribution in [0.1, 0.15) is 38.2 Å². The second kappa shape index (κ2) is 8.36. The minimum Gasteiger partial charge on any atom is -0.486 e. The van der Waals surface area contributed by atoms with E-state index in [-0.39, 0.29) is 11.7 Å². The number of fused-ring (bicyclic) bond motifs is 2. The molecule has 0 spiro atoms. The van der Waals surface area contributed by atoms with Crippen molar-refractivity contribution in [1.29, 1.82) is 0 Å². The van der Waals surface area contributed by atoms with Crippen LogP contribution in [0.15, 0.2) is 42.5 Å². The number of ether oxygens (including phenoxy) is 5. The van der Waals surface area contributed by atoms with Crippen LogP contribution < -0.4 is 24.3 Å². The van der Waals surface area contributed by atoms with Crippen molar-refractivity contribution in [3.05, 3.63) is 48.0 Å². The molecule has 1 aliphatic carbocycles. The lowest BCUT2D eigenvalue weighted by Crippen LogP contribution is -2.46. The van der Waals surface area contributed by atoms with E-state index in [9.17, 15) is 0 Å². The molecular formula is C24H29NO5. The van der Waals surface area contributed by atoms with Gasteiger partial charge in [-0.25, -0.2) is 0 Å². The SMILES string of the molecule is CCOC1(c2ccc3c(c2)OCO3)CCC(NCC2COc3ccccc3O2)CC1. The Kier molecular flexibility index (Phi) is 5.44. The molecule has 0 amide bonds. The summed E-state index contributed by atoms with van der Waals surface area (Å²) in [6, 6.07) is 14.5. The zero-order valence-corrected chi connectivity index (χ0v) is 17.4. The number of hydrogen-bond acceptors (Lipinski definition) is 6. The minimum atomic E-state index is -0.253. The molecule has 0 saturated heterocycles. The Balaban J connectivity index is 1.18. The summed E-state index contributed by atoms with van der Waals surface area (Å²) in [7, 11) is 0. The number of hydrogen-bond donors (Lipinski definition) is 1. The van der Waals surface area contributed by atoms with Gasteiger partial charge < -0.3 is 29.0 Å². The summed E-state index contributed by atoms with van der Waals surface area (Å²) in [6.07, 6.45) is 4.09. The van der Waals surface area contributed by atoms with Gasteiger partial charge >= 0.3 is 0 Å². The number of rotatable bonds is 6. The fourth-order valence-electron chi connectivity index (χ4n) is 4.72. The van der Waals surface area contributed by atoms with Crippen LogP contribution in [-0.4, -0.2) is 38.7 Å². The van der Waals surface area contributed by atoms with Gasteiger partial charge in [0.25, 0.3) is 0 Å². The van der Waals surface area contributed by atoms with Crippen LogP contribution >= 0.6 is 0 Å². The molecular weight excluding hydrogens is 382 g/mol. The van der Waals surface area contributed by atoms with Gasteiger partial charge in [-0.15, -0.1) is 0 Å². The normalized spacial score (nSPS) is 27.1. The molecule has 6 nitrogen and oxygen atoms in total. The van der Waals surface area contributed by atoms with Crippen molar-refractivity contribution in [3.8, 4) is 23.0 Å². The number of para-hydroxylation sites is 2. The largest absolute Gasteiger partial charge is 0.486 e. The Morgan fingerprint density at radius 1 is 0.967 bits per heavy atom. The fourth-order valence-corrected chi connectivity index (χ4v) is 4.72. The van der Waals surface area contributed by atoms with E-state index in [4.69, 9.17) is 23.7 Å². The average Bonchev–Trinajstić information content (AvgIpc) is 3.27. The molecule has 1 saturated carbocycles. The van der Waals surface area contributed by atoms with E-state index in [1.165, 1.54) is 5.56 Å². The zero-order valence-electron chi connectivity index (χ0n) is 17.4. The van der Waals surface area contributed by atoms with Crippen molar-refractivity contribution in [2.24, 2.45) is 0 Å². The first-order valence-corrected chi connectivity index (χ1v) is 10.9. The fraction of sp³-hybridized carbons (Fsp3) is 0.500. The molecule has 0 bridgehead atoms. The maximum Gasteiger partial charge on any atom is 0.231 e. The topological polar surface area (TPSA) is 58.2 Å². The maximum absolute atomic E-state index is 6.33. The second-order valence-electron chi connectivity index (χ2n) is 8.18. The lowest BCUT2D eigenvalue weighted by atomic mass is 9.77. The summed E-state index contributed by atoms with van der Waals surface area (Å²) >= 11 is 0. The van der Waals surface area contributed by atoms with Gasteiger partial charge in [-0.2, -0.15) is 0 Å². The van der Waals surface area contributed by atoms with Crippen molar-refractivity contribution in [3.63, 3.8) is 0 Å². The molecule has 2 aromatic carbocycles. The van der Waals surface area contributed by atoms with E-state index >= 15 is 0 Å². The molecule has 2 aromatic rings. The highest BCUT2D eigenvalue weighted by Crippen LogP contribution is 2.44. The lowest BCUT2D eigenvalue weighted by Gasteiger charge is -2.41. The van der Waals surface area contributed by atoms with Gasteiger partial charge in [-0.3, -0.25) is 0 Å². The monoisotopic (exact) mass is 411 g/mol. The summed E-state index contributed by atoms with van der Waals surface area (Å²) in [4.78, 5) is 0. The van der Waals surface area contributed by atoms with E-state index in [2.05, 4.69) is 24.4 Å². The van der Waals surface area contributed by atoms with Gasteiger partial charge in [0, 0.05) is 19.2 Å². The third kappa shape index (κ3) is 3.82. The third-order valence-corrected chi connectivity index (χ3v) is 6.31. The highest BCUT2D eigenvalue weighted by Gasteiger charge is 2.38. The first kappa shape index (κ1) is 19.5.